The first-order valence-electron chi connectivity index (χ1n) is 7.05. The van der Waals surface area contributed by atoms with Gasteiger partial charge >= 0.3 is 5.97 Å². The van der Waals surface area contributed by atoms with Crippen molar-refractivity contribution in [2.75, 3.05) is 6.54 Å². The third-order valence-electron chi connectivity index (χ3n) is 3.68. The first kappa shape index (κ1) is 15.2. The van der Waals surface area contributed by atoms with Gasteiger partial charge in [0.15, 0.2) is 5.78 Å². The molecular weight excluding hydrogens is 270 g/mol. The summed E-state index contributed by atoms with van der Waals surface area (Å²) >= 11 is 0. The first-order chi connectivity index (χ1) is 9.90. The summed E-state index contributed by atoms with van der Waals surface area (Å²) in [6, 6.07) is 6.65. The zero-order chi connectivity index (χ0) is 15.6. The van der Waals surface area contributed by atoms with Crippen LogP contribution < -0.4 is 0 Å². The Morgan fingerprint density at radius 3 is 2.14 bits per heavy atom. The van der Waals surface area contributed by atoms with Crippen molar-refractivity contribution in [3.05, 3.63) is 35.4 Å². The number of nitrogens with zero attached hydrogens (tertiary/aromatic N) is 1. The quantitative estimate of drug-likeness (QED) is 0.815. The normalized spacial score (nSPS) is 15.3. The van der Waals surface area contributed by atoms with Gasteiger partial charge in [0.1, 0.15) is 0 Å². The van der Waals surface area contributed by atoms with Gasteiger partial charge in [0.05, 0.1) is 5.92 Å². The Labute approximate surface area is 123 Å². The molecule has 0 saturated heterocycles. The lowest BCUT2D eigenvalue weighted by atomic mass is 10.1. The van der Waals surface area contributed by atoms with E-state index in [1.165, 1.54) is 6.92 Å². The van der Waals surface area contributed by atoms with Crippen molar-refractivity contribution >= 4 is 17.7 Å². The van der Waals surface area contributed by atoms with E-state index < -0.39 is 11.9 Å². The third kappa shape index (κ3) is 3.68. The number of Topliss-reactive ketones (excluding diaryl/α,β-unsaturated/α-hetero) is 1. The summed E-state index contributed by atoms with van der Waals surface area (Å²) in [5.41, 5.74) is 1.05. The maximum absolute atomic E-state index is 12.5. The van der Waals surface area contributed by atoms with E-state index in [4.69, 9.17) is 5.11 Å². The van der Waals surface area contributed by atoms with Crippen LogP contribution in [-0.4, -0.2) is 40.3 Å². The number of ketones is 1. The summed E-state index contributed by atoms with van der Waals surface area (Å²) < 4.78 is 0. The molecule has 1 unspecified atom stereocenters. The monoisotopic (exact) mass is 289 g/mol. The second-order valence-corrected chi connectivity index (χ2v) is 5.56. The minimum Gasteiger partial charge on any atom is -0.481 e. The van der Waals surface area contributed by atoms with Crippen molar-refractivity contribution in [2.45, 2.75) is 32.7 Å². The van der Waals surface area contributed by atoms with E-state index in [1.807, 2.05) is 0 Å². The lowest BCUT2D eigenvalue weighted by molar-refractivity contribution is -0.141. The molecule has 1 N–H and O–H groups in total. The van der Waals surface area contributed by atoms with Crippen molar-refractivity contribution < 1.29 is 19.5 Å². The van der Waals surface area contributed by atoms with Crippen LogP contribution in [0.2, 0.25) is 0 Å². The van der Waals surface area contributed by atoms with Gasteiger partial charge in [0, 0.05) is 23.7 Å². The van der Waals surface area contributed by atoms with Crippen LogP contribution in [0.5, 0.6) is 0 Å². The lowest BCUT2D eigenvalue weighted by Gasteiger charge is -2.24. The Morgan fingerprint density at radius 1 is 1.19 bits per heavy atom. The van der Waals surface area contributed by atoms with E-state index in [-0.39, 0.29) is 24.3 Å². The number of hydrogen-bond acceptors (Lipinski definition) is 3. The fraction of sp³-hybridized carbons (Fsp3) is 0.438. The van der Waals surface area contributed by atoms with Crippen molar-refractivity contribution in [3.8, 4) is 0 Å². The highest BCUT2D eigenvalue weighted by Gasteiger charge is 2.34. The van der Waals surface area contributed by atoms with Gasteiger partial charge in [0.25, 0.3) is 5.91 Å². The van der Waals surface area contributed by atoms with E-state index in [1.54, 1.807) is 36.1 Å². The first-order valence-corrected chi connectivity index (χ1v) is 7.05. The molecule has 1 atom stereocenters. The molecule has 0 aromatic heterocycles. The summed E-state index contributed by atoms with van der Waals surface area (Å²) in [6.07, 6.45) is 1.84. The van der Waals surface area contributed by atoms with Crippen molar-refractivity contribution in [1.82, 2.24) is 4.90 Å². The molecular formula is C16H19NO4. The minimum atomic E-state index is -0.902. The molecule has 0 heterocycles. The molecule has 0 aliphatic heterocycles. The van der Waals surface area contributed by atoms with E-state index in [2.05, 4.69) is 0 Å². The molecule has 1 aliphatic rings. The van der Waals surface area contributed by atoms with Gasteiger partial charge in [-0.1, -0.05) is 19.1 Å². The maximum atomic E-state index is 12.5. The molecule has 0 bridgehead atoms. The molecule has 5 heteroatoms. The van der Waals surface area contributed by atoms with Gasteiger partial charge < -0.3 is 10.0 Å². The van der Waals surface area contributed by atoms with E-state index >= 15 is 0 Å². The molecule has 0 radical (unpaired) electrons. The van der Waals surface area contributed by atoms with Crippen LogP contribution in [-0.2, 0) is 4.79 Å². The SMILES string of the molecule is CC(=O)c1ccc(C(=O)N(CC(C)C(=O)O)C2CC2)cc1. The number of hydrogen-bond donors (Lipinski definition) is 1. The summed E-state index contributed by atoms with van der Waals surface area (Å²) in [5.74, 6) is -1.71. The second-order valence-electron chi connectivity index (χ2n) is 5.56. The summed E-state index contributed by atoms with van der Waals surface area (Å²) in [5, 5.41) is 9.01. The second kappa shape index (κ2) is 6.08. The number of carbonyl (C=O) groups is 3. The zero-order valence-corrected chi connectivity index (χ0v) is 12.2. The minimum absolute atomic E-state index is 0.0486. The van der Waals surface area contributed by atoms with E-state index in [0.717, 1.165) is 12.8 Å². The number of carboxylic acids is 1. The Kier molecular flexibility index (Phi) is 4.40. The van der Waals surface area contributed by atoms with Gasteiger partial charge in [-0.25, -0.2) is 0 Å². The smallest absolute Gasteiger partial charge is 0.308 e. The Bertz CT molecular complexity index is 560. The largest absolute Gasteiger partial charge is 0.481 e. The number of benzene rings is 1. The predicted octanol–water partition coefficient (Wildman–Crippen LogP) is 2.21. The van der Waals surface area contributed by atoms with Crippen molar-refractivity contribution in [1.29, 1.82) is 0 Å². The van der Waals surface area contributed by atoms with Crippen molar-refractivity contribution in [2.24, 2.45) is 5.92 Å². The van der Waals surface area contributed by atoms with E-state index in [9.17, 15) is 14.4 Å². The highest BCUT2D eigenvalue weighted by atomic mass is 16.4. The molecule has 1 aromatic rings. The van der Waals surface area contributed by atoms with Crippen LogP contribution in [0, 0.1) is 5.92 Å². The van der Waals surface area contributed by atoms with Gasteiger partial charge in [-0.15, -0.1) is 0 Å². The number of aliphatic carboxylic acids is 1. The molecule has 0 spiro atoms. The summed E-state index contributed by atoms with van der Waals surface area (Å²) in [4.78, 5) is 36.4. The summed E-state index contributed by atoms with van der Waals surface area (Å²) in [6.45, 7) is 3.29. The average molecular weight is 289 g/mol. The highest BCUT2D eigenvalue weighted by Crippen LogP contribution is 2.29. The standard InChI is InChI=1S/C16H19NO4/c1-10(16(20)21)9-17(14-7-8-14)15(19)13-5-3-12(4-6-13)11(2)18/h3-6,10,14H,7-9H2,1-2H3,(H,20,21). The van der Waals surface area contributed by atoms with Crippen LogP contribution in [0.4, 0.5) is 0 Å². The fourth-order valence-corrected chi connectivity index (χ4v) is 2.17. The Hall–Kier alpha value is -2.17. The highest BCUT2D eigenvalue weighted by molar-refractivity contribution is 5.98. The lowest BCUT2D eigenvalue weighted by Crippen LogP contribution is -2.38. The molecule has 1 amide bonds. The van der Waals surface area contributed by atoms with Gasteiger partial charge in [0.2, 0.25) is 0 Å². The zero-order valence-electron chi connectivity index (χ0n) is 12.2. The van der Waals surface area contributed by atoms with Gasteiger partial charge in [-0.3, -0.25) is 14.4 Å². The molecule has 21 heavy (non-hydrogen) atoms. The maximum Gasteiger partial charge on any atom is 0.308 e. The third-order valence-corrected chi connectivity index (χ3v) is 3.68. The summed E-state index contributed by atoms with van der Waals surface area (Å²) in [7, 11) is 0. The van der Waals surface area contributed by atoms with Crippen molar-refractivity contribution in [3.63, 3.8) is 0 Å². The molecule has 112 valence electrons. The number of rotatable bonds is 6. The van der Waals surface area contributed by atoms with Crippen LogP contribution in [0.1, 0.15) is 47.4 Å². The van der Waals surface area contributed by atoms with Crippen LogP contribution in [0.15, 0.2) is 24.3 Å². The Morgan fingerprint density at radius 2 is 1.71 bits per heavy atom. The molecule has 1 saturated carbocycles. The number of carboxylic acid groups (broad SMARTS) is 1. The molecule has 1 aliphatic carbocycles. The average Bonchev–Trinajstić information content (AvgIpc) is 3.28. The topological polar surface area (TPSA) is 74.7 Å². The predicted molar refractivity (Wildman–Crippen MR) is 77.3 cm³/mol. The van der Waals surface area contributed by atoms with Crippen LogP contribution >= 0.6 is 0 Å². The molecule has 5 nitrogen and oxygen atoms in total. The van der Waals surface area contributed by atoms with Gasteiger partial charge in [-0.2, -0.15) is 0 Å². The molecule has 1 aromatic carbocycles. The number of amides is 1. The Balaban J connectivity index is 2.14. The van der Waals surface area contributed by atoms with Crippen LogP contribution in [0.25, 0.3) is 0 Å². The fourth-order valence-electron chi connectivity index (χ4n) is 2.17. The molecule has 2 rings (SSSR count). The van der Waals surface area contributed by atoms with Crippen LogP contribution in [0.3, 0.4) is 0 Å². The molecule has 1 fully saturated rings. The van der Waals surface area contributed by atoms with Gasteiger partial charge in [-0.05, 0) is 31.9 Å². The van der Waals surface area contributed by atoms with E-state index in [0.29, 0.717) is 11.1 Å². The number of carbonyl (C=O) groups excluding carboxylic acids is 2.